The molecule has 0 aliphatic heterocycles. The summed E-state index contributed by atoms with van der Waals surface area (Å²) in [6.45, 7) is 6.68. The lowest BCUT2D eigenvalue weighted by Crippen LogP contribution is -2.25. The van der Waals surface area contributed by atoms with E-state index in [1.165, 1.54) is 24.0 Å². The van der Waals surface area contributed by atoms with Gasteiger partial charge < -0.3 is 0 Å². The fraction of sp³-hybridized carbons (Fsp3) is 0.368. The van der Waals surface area contributed by atoms with Gasteiger partial charge in [0.2, 0.25) is 0 Å². The largest absolute Gasteiger partial charge is 0.237 e. The third-order valence-electron chi connectivity index (χ3n) is 4.66. The Morgan fingerprint density at radius 3 is 2.61 bits per heavy atom. The summed E-state index contributed by atoms with van der Waals surface area (Å²) < 4.78 is 3.00. The van der Waals surface area contributed by atoms with Crippen LogP contribution in [-0.2, 0) is 5.41 Å². The molecule has 0 spiro atoms. The molecule has 0 fully saturated rings. The zero-order valence-electron chi connectivity index (χ0n) is 13.9. The van der Waals surface area contributed by atoms with Crippen LogP contribution in [-0.4, -0.2) is 14.6 Å². The molecule has 0 saturated carbocycles. The van der Waals surface area contributed by atoms with Gasteiger partial charge >= 0.3 is 0 Å². The summed E-state index contributed by atoms with van der Waals surface area (Å²) in [5.41, 5.74) is 4.45. The summed E-state index contributed by atoms with van der Waals surface area (Å²) in [6.07, 6.45) is 7.23. The molecule has 120 valence electrons. The Morgan fingerprint density at radius 1 is 1.22 bits per heavy atom. The first-order chi connectivity index (χ1) is 11.1. The SMILES string of the molecule is CCCCC(C)(c1ccc(Br)cc1)c1nn2cccnc2c1C. The molecule has 3 nitrogen and oxygen atoms in total. The zero-order valence-corrected chi connectivity index (χ0v) is 15.5. The first-order valence-corrected chi connectivity index (χ1v) is 8.92. The number of aryl methyl sites for hydroxylation is 1. The summed E-state index contributed by atoms with van der Waals surface area (Å²) >= 11 is 3.53. The van der Waals surface area contributed by atoms with Gasteiger partial charge in [0.1, 0.15) is 0 Å². The van der Waals surface area contributed by atoms with Crippen LogP contribution in [0.3, 0.4) is 0 Å². The quantitative estimate of drug-likeness (QED) is 0.609. The van der Waals surface area contributed by atoms with E-state index < -0.39 is 0 Å². The molecule has 3 rings (SSSR count). The van der Waals surface area contributed by atoms with E-state index in [9.17, 15) is 0 Å². The summed E-state index contributed by atoms with van der Waals surface area (Å²) in [7, 11) is 0. The van der Waals surface area contributed by atoms with Crippen LogP contribution in [0.4, 0.5) is 0 Å². The highest BCUT2D eigenvalue weighted by Gasteiger charge is 2.33. The molecule has 1 unspecified atom stereocenters. The standard InChI is InChI=1S/C19H22BrN3/c1-4-5-11-19(3,15-7-9-16(20)10-8-15)17-14(2)18-21-12-6-13-23(18)22-17/h6-10,12-13H,4-5,11H2,1-3H3. The van der Waals surface area contributed by atoms with Crippen molar-refractivity contribution >= 4 is 21.6 Å². The molecule has 0 radical (unpaired) electrons. The second-order valence-electron chi connectivity index (χ2n) is 6.30. The number of fused-ring (bicyclic) bond motifs is 1. The number of hydrogen-bond acceptors (Lipinski definition) is 2. The highest BCUT2D eigenvalue weighted by Crippen LogP contribution is 2.38. The Kier molecular flexibility index (Phi) is 4.53. The van der Waals surface area contributed by atoms with E-state index >= 15 is 0 Å². The fourth-order valence-corrected chi connectivity index (χ4v) is 3.54. The molecule has 0 saturated heterocycles. The molecule has 0 N–H and O–H groups in total. The maximum absolute atomic E-state index is 4.88. The van der Waals surface area contributed by atoms with E-state index in [2.05, 4.69) is 66.0 Å². The number of nitrogens with zero attached hydrogens (tertiary/aromatic N) is 3. The number of benzene rings is 1. The molecule has 4 heteroatoms. The number of halogens is 1. The normalized spacial score (nSPS) is 14.1. The lowest BCUT2D eigenvalue weighted by atomic mass is 9.74. The van der Waals surface area contributed by atoms with Crippen molar-refractivity contribution in [2.45, 2.75) is 45.4 Å². The van der Waals surface area contributed by atoms with E-state index in [1.807, 2.05) is 23.0 Å². The summed E-state index contributed by atoms with van der Waals surface area (Å²) in [4.78, 5) is 4.50. The molecule has 0 aliphatic carbocycles. The molecule has 2 aromatic heterocycles. The van der Waals surface area contributed by atoms with Crippen molar-refractivity contribution in [3.8, 4) is 0 Å². The molecular formula is C19H22BrN3. The van der Waals surface area contributed by atoms with Gasteiger partial charge in [0.05, 0.1) is 5.69 Å². The van der Waals surface area contributed by atoms with Crippen LogP contribution in [0, 0.1) is 6.92 Å². The van der Waals surface area contributed by atoms with Crippen LogP contribution in [0.5, 0.6) is 0 Å². The number of hydrogen-bond donors (Lipinski definition) is 0. The summed E-state index contributed by atoms with van der Waals surface area (Å²) in [5.74, 6) is 0. The van der Waals surface area contributed by atoms with Crippen LogP contribution < -0.4 is 0 Å². The van der Waals surface area contributed by atoms with Crippen LogP contribution >= 0.6 is 15.9 Å². The van der Waals surface area contributed by atoms with Crippen molar-refractivity contribution in [3.63, 3.8) is 0 Å². The minimum absolute atomic E-state index is 0.103. The van der Waals surface area contributed by atoms with E-state index in [4.69, 9.17) is 5.10 Å². The lowest BCUT2D eigenvalue weighted by molar-refractivity contribution is 0.475. The number of unbranched alkanes of at least 4 members (excludes halogenated alkanes) is 1. The topological polar surface area (TPSA) is 30.2 Å². The molecule has 23 heavy (non-hydrogen) atoms. The molecular weight excluding hydrogens is 350 g/mol. The van der Waals surface area contributed by atoms with Crippen molar-refractivity contribution in [1.29, 1.82) is 0 Å². The molecule has 1 atom stereocenters. The average molecular weight is 372 g/mol. The second kappa shape index (κ2) is 6.44. The third-order valence-corrected chi connectivity index (χ3v) is 5.19. The van der Waals surface area contributed by atoms with Gasteiger partial charge in [-0.3, -0.25) is 0 Å². The predicted octanol–water partition coefficient (Wildman–Crippen LogP) is 5.30. The van der Waals surface area contributed by atoms with Crippen LogP contribution in [0.15, 0.2) is 47.2 Å². The highest BCUT2D eigenvalue weighted by atomic mass is 79.9. The minimum Gasteiger partial charge on any atom is -0.237 e. The van der Waals surface area contributed by atoms with Gasteiger partial charge in [0.25, 0.3) is 0 Å². The van der Waals surface area contributed by atoms with E-state index in [1.54, 1.807) is 0 Å². The van der Waals surface area contributed by atoms with Crippen LogP contribution in [0.25, 0.3) is 5.65 Å². The first kappa shape index (κ1) is 16.2. The Hall–Kier alpha value is -1.68. The van der Waals surface area contributed by atoms with Crippen molar-refractivity contribution in [1.82, 2.24) is 14.6 Å². The summed E-state index contributed by atoms with van der Waals surface area (Å²) in [6, 6.07) is 10.6. The third kappa shape index (κ3) is 2.92. The van der Waals surface area contributed by atoms with Gasteiger partial charge in [-0.25, -0.2) is 9.50 Å². The van der Waals surface area contributed by atoms with Crippen LogP contribution in [0.2, 0.25) is 0 Å². The monoisotopic (exact) mass is 371 g/mol. The van der Waals surface area contributed by atoms with Gasteiger partial charge in [-0.15, -0.1) is 0 Å². The van der Waals surface area contributed by atoms with E-state index in [-0.39, 0.29) is 5.41 Å². The van der Waals surface area contributed by atoms with Gasteiger partial charge in [-0.2, -0.15) is 5.10 Å². The molecule has 3 aromatic rings. The average Bonchev–Trinajstić information content (AvgIpc) is 2.91. The molecule has 1 aromatic carbocycles. The van der Waals surface area contributed by atoms with Gasteiger partial charge in [0.15, 0.2) is 5.65 Å². The predicted molar refractivity (Wildman–Crippen MR) is 97.8 cm³/mol. The number of aromatic nitrogens is 3. The Balaban J connectivity index is 2.17. The van der Waals surface area contributed by atoms with Crippen molar-refractivity contribution in [2.24, 2.45) is 0 Å². The molecule has 0 amide bonds. The second-order valence-corrected chi connectivity index (χ2v) is 7.22. The maximum Gasteiger partial charge on any atom is 0.158 e. The van der Waals surface area contributed by atoms with Crippen molar-refractivity contribution in [2.75, 3.05) is 0 Å². The van der Waals surface area contributed by atoms with E-state index in [0.717, 1.165) is 22.2 Å². The van der Waals surface area contributed by atoms with Gasteiger partial charge in [-0.1, -0.05) is 47.8 Å². The smallest absolute Gasteiger partial charge is 0.158 e. The van der Waals surface area contributed by atoms with Crippen LogP contribution in [0.1, 0.15) is 49.9 Å². The number of rotatable bonds is 5. The van der Waals surface area contributed by atoms with Crippen molar-refractivity contribution < 1.29 is 0 Å². The first-order valence-electron chi connectivity index (χ1n) is 8.12. The Morgan fingerprint density at radius 2 is 1.96 bits per heavy atom. The molecule has 0 aliphatic rings. The minimum atomic E-state index is -0.103. The maximum atomic E-state index is 4.88. The zero-order chi connectivity index (χ0) is 16.4. The summed E-state index contributed by atoms with van der Waals surface area (Å²) in [5, 5.41) is 4.88. The van der Waals surface area contributed by atoms with Gasteiger partial charge in [0, 0.05) is 27.8 Å². The lowest BCUT2D eigenvalue weighted by Gasteiger charge is -2.29. The van der Waals surface area contributed by atoms with Crippen molar-refractivity contribution in [3.05, 3.63) is 64.0 Å². The van der Waals surface area contributed by atoms with E-state index in [0.29, 0.717) is 0 Å². The highest BCUT2D eigenvalue weighted by molar-refractivity contribution is 9.10. The van der Waals surface area contributed by atoms with Gasteiger partial charge in [-0.05, 0) is 44.0 Å². The Bertz CT molecular complexity index is 807. The fourth-order valence-electron chi connectivity index (χ4n) is 3.27. The molecule has 0 bridgehead atoms. The molecule has 2 heterocycles. The Labute approximate surface area is 145 Å².